The van der Waals surface area contributed by atoms with E-state index in [1.807, 2.05) is 0 Å². The summed E-state index contributed by atoms with van der Waals surface area (Å²) in [6.45, 7) is 0.0601. The van der Waals surface area contributed by atoms with Crippen LogP contribution in [0.3, 0.4) is 0 Å². The summed E-state index contributed by atoms with van der Waals surface area (Å²) in [5, 5.41) is 1.42. The third kappa shape index (κ3) is 3.45. The zero-order chi connectivity index (χ0) is 18.4. The van der Waals surface area contributed by atoms with Gasteiger partial charge in [-0.1, -0.05) is 23.7 Å². The number of aromatic nitrogens is 1. The van der Waals surface area contributed by atoms with E-state index in [9.17, 15) is 18.0 Å². The second-order valence-corrected chi connectivity index (χ2v) is 6.09. The maximum Gasteiger partial charge on any atom is 0.416 e. The molecule has 0 amide bonds. The van der Waals surface area contributed by atoms with Gasteiger partial charge in [0.2, 0.25) is 0 Å². The highest BCUT2D eigenvalue weighted by molar-refractivity contribution is 6.31. The first kappa shape index (κ1) is 20.3. The number of nitrogens with two attached hydrogens (primary N) is 1. The van der Waals surface area contributed by atoms with Crippen molar-refractivity contribution in [2.45, 2.75) is 12.7 Å². The number of fused-ring (bicyclic) bond motifs is 1. The van der Waals surface area contributed by atoms with Crippen LogP contribution in [0.2, 0.25) is 5.02 Å². The predicted molar refractivity (Wildman–Crippen MR) is 99.8 cm³/mol. The van der Waals surface area contributed by atoms with Gasteiger partial charge in [0, 0.05) is 35.3 Å². The van der Waals surface area contributed by atoms with Gasteiger partial charge in [-0.25, -0.2) is 0 Å². The van der Waals surface area contributed by atoms with Crippen LogP contribution in [0.1, 0.15) is 11.3 Å². The van der Waals surface area contributed by atoms with E-state index in [2.05, 4.69) is 0 Å². The van der Waals surface area contributed by atoms with Crippen LogP contribution in [0.25, 0.3) is 21.9 Å². The Morgan fingerprint density at radius 3 is 2.23 bits per heavy atom. The average Bonchev–Trinajstić information content (AvgIpc) is 2.57. The van der Waals surface area contributed by atoms with E-state index in [0.717, 1.165) is 12.1 Å². The largest absolute Gasteiger partial charge is 0.416 e. The quantitative estimate of drug-likeness (QED) is 0.671. The van der Waals surface area contributed by atoms with Gasteiger partial charge in [0.05, 0.1) is 5.56 Å². The van der Waals surface area contributed by atoms with E-state index >= 15 is 0 Å². The lowest BCUT2D eigenvalue weighted by molar-refractivity contribution is -0.137. The number of benzene rings is 2. The van der Waals surface area contributed by atoms with Gasteiger partial charge < -0.3 is 10.3 Å². The molecule has 0 aliphatic rings. The van der Waals surface area contributed by atoms with E-state index < -0.39 is 11.7 Å². The number of hydrogen-bond donors (Lipinski definition) is 1. The zero-order valence-electron chi connectivity index (χ0n) is 13.6. The Bertz CT molecular complexity index is 1010. The fourth-order valence-corrected chi connectivity index (χ4v) is 3.10. The molecule has 26 heavy (non-hydrogen) atoms. The van der Waals surface area contributed by atoms with Crippen molar-refractivity contribution in [1.82, 2.24) is 4.57 Å². The smallest absolute Gasteiger partial charge is 0.325 e. The number of hydrogen-bond acceptors (Lipinski definition) is 2. The summed E-state index contributed by atoms with van der Waals surface area (Å²) < 4.78 is 39.8. The van der Waals surface area contributed by atoms with E-state index in [1.54, 1.807) is 25.2 Å². The number of nitrogens with zero attached hydrogens (tertiary/aromatic N) is 1. The molecule has 8 heteroatoms. The Balaban J connectivity index is 0.00000243. The highest BCUT2D eigenvalue weighted by Crippen LogP contribution is 2.35. The van der Waals surface area contributed by atoms with Crippen molar-refractivity contribution in [3.8, 4) is 11.1 Å². The molecule has 0 saturated carbocycles. The van der Waals surface area contributed by atoms with Crippen molar-refractivity contribution >= 4 is 34.8 Å². The van der Waals surface area contributed by atoms with Gasteiger partial charge in [-0.05, 0) is 41.3 Å². The molecule has 0 fully saturated rings. The molecule has 0 radical (unpaired) electrons. The molecule has 3 rings (SSSR count). The molecule has 0 bridgehead atoms. The molecular formula is C18H15Cl2F3N2O. The van der Waals surface area contributed by atoms with Gasteiger partial charge in [0.1, 0.15) is 0 Å². The van der Waals surface area contributed by atoms with Gasteiger partial charge in [-0.15, -0.1) is 12.4 Å². The lowest BCUT2D eigenvalue weighted by Gasteiger charge is -2.17. The number of pyridine rings is 1. The lowest BCUT2D eigenvalue weighted by atomic mass is 9.96. The number of rotatable bonds is 2. The molecule has 0 atom stereocenters. The molecule has 0 unspecified atom stereocenters. The van der Waals surface area contributed by atoms with Crippen molar-refractivity contribution < 1.29 is 13.2 Å². The van der Waals surface area contributed by atoms with Crippen LogP contribution in [0, 0.1) is 0 Å². The van der Waals surface area contributed by atoms with Crippen LogP contribution < -0.4 is 11.3 Å². The van der Waals surface area contributed by atoms with Gasteiger partial charge in [0.25, 0.3) is 5.56 Å². The topological polar surface area (TPSA) is 48.0 Å². The minimum atomic E-state index is -4.41. The Hall–Kier alpha value is -2.02. The average molecular weight is 403 g/mol. The minimum Gasteiger partial charge on any atom is -0.325 e. The molecule has 1 heterocycles. The summed E-state index contributed by atoms with van der Waals surface area (Å²) in [5.41, 5.74) is 6.51. The molecule has 3 aromatic rings. The molecule has 2 N–H and O–H groups in total. The lowest BCUT2D eigenvalue weighted by Crippen LogP contribution is -2.23. The summed E-state index contributed by atoms with van der Waals surface area (Å²) in [6, 6.07) is 9.61. The van der Waals surface area contributed by atoms with Gasteiger partial charge in [-0.2, -0.15) is 13.2 Å². The van der Waals surface area contributed by atoms with E-state index in [4.69, 9.17) is 17.3 Å². The molecule has 0 spiro atoms. The molecule has 0 saturated heterocycles. The molecule has 0 aliphatic carbocycles. The monoisotopic (exact) mass is 402 g/mol. The molecule has 1 aromatic heterocycles. The van der Waals surface area contributed by atoms with Crippen molar-refractivity contribution in [2.24, 2.45) is 12.8 Å². The van der Waals surface area contributed by atoms with E-state index in [-0.39, 0.29) is 24.5 Å². The van der Waals surface area contributed by atoms with Crippen LogP contribution in [0.5, 0.6) is 0 Å². The van der Waals surface area contributed by atoms with Crippen LogP contribution in [-0.4, -0.2) is 4.57 Å². The summed E-state index contributed by atoms with van der Waals surface area (Å²) in [5.74, 6) is 0. The van der Waals surface area contributed by atoms with E-state index in [1.165, 1.54) is 16.7 Å². The third-order valence-electron chi connectivity index (χ3n) is 4.17. The summed E-state index contributed by atoms with van der Waals surface area (Å²) in [4.78, 5) is 12.5. The standard InChI is InChI=1S/C18H14ClF3N2O.ClH/c1-24-15(9-23)16(10-2-4-11(5-3-10)18(20,21)22)14-8-12(19)6-7-13(14)17(24)25;/h2-8H,9,23H2,1H3;1H. The predicted octanol–water partition coefficient (Wildman–Crippen LogP) is 4.76. The fraction of sp³-hybridized carbons (Fsp3) is 0.167. The Morgan fingerprint density at radius 1 is 1.08 bits per heavy atom. The third-order valence-corrected chi connectivity index (χ3v) is 4.41. The van der Waals surface area contributed by atoms with E-state index in [0.29, 0.717) is 32.6 Å². The van der Waals surface area contributed by atoms with Crippen LogP contribution in [0.4, 0.5) is 13.2 Å². The number of halogens is 5. The zero-order valence-corrected chi connectivity index (χ0v) is 15.2. The van der Waals surface area contributed by atoms with Crippen molar-refractivity contribution in [3.05, 3.63) is 69.1 Å². The molecule has 0 aliphatic heterocycles. The normalized spacial score (nSPS) is 11.5. The van der Waals surface area contributed by atoms with Gasteiger partial charge in [0.15, 0.2) is 0 Å². The maximum absolute atomic E-state index is 12.8. The van der Waals surface area contributed by atoms with Crippen LogP contribution in [-0.2, 0) is 19.8 Å². The van der Waals surface area contributed by atoms with Crippen LogP contribution >= 0.6 is 24.0 Å². The Morgan fingerprint density at radius 2 is 1.69 bits per heavy atom. The minimum absolute atomic E-state index is 0. The first-order valence-electron chi connectivity index (χ1n) is 7.43. The van der Waals surface area contributed by atoms with Gasteiger partial charge >= 0.3 is 6.18 Å². The molecule has 3 nitrogen and oxygen atoms in total. The highest BCUT2D eigenvalue weighted by Gasteiger charge is 2.30. The Kier molecular flexibility index (Phi) is 5.70. The van der Waals surface area contributed by atoms with Crippen molar-refractivity contribution in [3.63, 3.8) is 0 Å². The summed E-state index contributed by atoms with van der Waals surface area (Å²) >= 11 is 6.06. The fourth-order valence-electron chi connectivity index (χ4n) is 2.92. The second kappa shape index (κ2) is 7.31. The first-order chi connectivity index (χ1) is 11.7. The van der Waals surface area contributed by atoms with Crippen LogP contribution in [0.15, 0.2) is 47.3 Å². The van der Waals surface area contributed by atoms with Crippen molar-refractivity contribution in [1.29, 1.82) is 0 Å². The second-order valence-electron chi connectivity index (χ2n) is 5.66. The first-order valence-corrected chi connectivity index (χ1v) is 7.80. The summed E-state index contributed by atoms with van der Waals surface area (Å²) in [7, 11) is 1.59. The maximum atomic E-state index is 12.8. The van der Waals surface area contributed by atoms with Crippen molar-refractivity contribution in [2.75, 3.05) is 0 Å². The number of alkyl halides is 3. The molecular weight excluding hydrogens is 388 g/mol. The molecule has 2 aromatic carbocycles. The van der Waals surface area contributed by atoms with Gasteiger partial charge in [-0.3, -0.25) is 4.79 Å². The summed E-state index contributed by atoms with van der Waals surface area (Å²) in [6.07, 6.45) is -4.41. The SMILES string of the molecule is Cl.Cn1c(CN)c(-c2ccc(C(F)(F)F)cc2)c2cc(Cl)ccc2c1=O. The molecule has 138 valence electrons. The Labute approximate surface area is 158 Å². The highest BCUT2D eigenvalue weighted by atomic mass is 35.5.